The number of H-pyrrole nitrogens is 1. The van der Waals surface area contributed by atoms with Gasteiger partial charge in [-0.25, -0.2) is 4.98 Å². The third-order valence-corrected chi connectivity index (χ3v) is 2.05. The number of primary amides is 1. The SMILES string of the molecule is CN=C(NC#N)NCCN=Cc1[nH]cnc1C(N)=O. The Kier molecular flexibility index (Phi) is 5.55. The van der Waals surface area contributed by atoms with Crippen molar-refractivity contribution in [1.29, 1.82) is 5.26 Å². The first-order valence-electron chi connectivity index (χ1n) is 5.37. The van der Waals surface area contributed by atoms with Crippen molar-refractivity contribution >= 4 is 18.1 Å². The van der Waals surface area contributed by atoms with E-state index in [9.17, 15) is 4.79 Å². The number of nitrogens with zero attached hydrogens (tertiary/aromatic N) is 4. The second-order valence-corrected chi connectivity index (χ2v) is 3.30. The molecule has 1 amide bonds. The lowest BCUT2D eigenvalue weighted by atomic mass is 10.3. The van der Waals surface area contributed by atoms with Crippen molar-refractivity contribution in [3.8, 4) is 6.19 Å². The van der Waals surface area contributed by atoms with Crippen LogP contribution in [0.1, 0.15) is 16.2 Å². The fraction of sp³-hybridized carbons (Fsp3) is 0.300. The first kappa shape index (κ1) is 14.2. The number of nitrogens with one attached hydrogen (secondary N) is 3. The molecule has 0 fully saturated rings. The van der Waals surface area contributed by atoms with E-state index in [1.165, 1.54) is 12.5 Å². The summed E-state index contributed by atoms with van der Waals surface area (Å²) in [4.78, 5) is 25.4. The van der Waals surface area contributed by atoms with Gasteiger partial charge in [0, 0.05) is 19.8 Å². The van der Waals surface area contributed by atoms with Crippen molar-refractivity contribution < 1.29 is 4.79 Å². The molecule has 100 valence electrons. The molecule has 0 saturated heterocycles. The predicted molar refractivity (Wildman–Crippen MR) is 69.7 cm³/mol. The minimum Gasteiger partial charge on any atom is -0.364 e. The van der Waals surface area contributed by atoms with Crippen LogP contribution in [0.3, 0.4) is 0 Å². The number of aromatic amines is 1. The van der Waals surface area contributed by atoms with Crippen LogP contribution >= 0.6 is 0 Å². The van der Waals surface area contributed by atoms with Crippen LogP contribution in [0.5, 0.6) is 0 Å². The Morgan fingerprint density at radius 3 is 3.16 bits per heavy atom. The molecular weight excluding hydrogens is 248 g/mol. The summed E-state index contributed by atoms with van der Waals surface area (Å²) in [6.07, 6.45) is 4.61. The number of imidazole rings is 1. The zero-order valence-electron chi connectivity index (χ0n) is 10.3. The van der Waals surface area contributed by atoms with E-state index in [0.29, 0.717) is 24.7 Å². The summed E-state index contributed by atoms with van der Waals surface area (Å²) in [6, 6.07) is 0. The van der Waals surface area contributed by atoms with Crippen molar-refractivity contribution in [2.75, 3.05) is 20.1 Å². The number of rotatable bonds is 5. The Morgan fingerprint density at radius 2 is 2.53 bits per heavy atom. The monoisotopic (exact) mass is 262 g/mol. The van der Waals surface area contributed by atoms with Gasteiger partial charge in [0.15, 0.2) is 11.9 Å². The fourth-order valence-electron chi connectivity index (χ4n) is 1.23. The molecule has 0 aliphatic carbocycles. The van der Waals surface area contributed by atoms with Crippen molar-refractivity contribution in [2.24, 2.45) is 15.7 Å². The van der Waals surface area contributed by atoms with E-state index in [-0.39, 0.29) is 5.69 Å². The number of hydrogen-bond donors (Lipinski definition) is 4. The number of aliphatic imine (C=N–C) groups is 2. The summed E-state index contributed by atoms with van der Waals surface area (Å²) < 4.78 is 0. The summed E-state index contributed by atoms with van der Waals surface area (Å²) in [5, 5.41) is 13.7. The van der Waals surface area contributed by atoms with Gasteiger partial charge < -0.3 is 16.0 Å². The highest BCUT2D eigenvalue weighted by molar-refractivity contribution is 5.98. The van der Waals surface area contributed by atoms with Crippen LogP contribution in [0.15, 0.2) is 16.3 Å². The lowest BCUT2D eigenvalue weighted by molar-refractivity contribution is 0.0996. The van der Waals surface area contributed by atoms with Gasteiger partial charge in [-0.1, -0.05) is 0 Å². The standard InChI is InChI=1S/C10H14N8O/c1-13-10(16-5-11)15-3-2-14-4-7-8(9(12)19)18-6-17-7/h4,6H,2-3H2,1H3,(H2,12,19)(H,17,18)(H2,13,15,16). The average Bonchev–Trinajstić information content (AvgIpc) is 2.85. The van der Waals surface area contributed by atoms with Crippen LogP contribution < -0.4 is 16.4 Å². The number of hydrogen-bond acceptors (Lipinski definition) is 5. The van der Waals surface area contributed by atoms with Gasteiger partial charge in [-0.05, 0) is 0 Å². The summed E-state index contributed by atoms with van der Waals surface area (Å²) in [7, 11) is 1.56. The van der Waals surface area contributed by atoms with Crippen LogP contribution in [0.25, 0.3) is 0 Å². The molecule has 0 bridgehead atoms. The topological polar surface area (TPSA) is 144 Å². The second-order valence-electron chi connectivity index (χ2n) is 3.30. The molecule has 1 rings (SSSR count). The largest absolute Gasteiger partial charge is 0.364 e. The van der Waals surface area contributed by atoms with Crippen LogP contribution in [-0.4, -0.2) is 48.2 Å². The predicted octanol–water partition coefficient (Wildman–Crippen LogP) is -1.43. The third kappa shape index (κ3) is 4.47. The molecule has 1 aromatic rings. The maximum atomic E-state index is 11.0. The molecule has 1 heterocycles. The fourth-order valence-corrected chi connectivity index (χ4v) is 1.23. The molecule has 0 aliphatic rings. The van der Waals surface area contributed by atoms with Crippen molar-refractivity contribution in [3.63, 3.8) is 0 Å². The Labute approximate surface area is 109 Å². The summed E-state index contributed by atoms with van der Waals surface area (Å²) in [6.45, 7) is 0.918. The normalized spacial score (nSPS) is 11.3. The molecule has 0 saturated carbocycles. The summed E-state index contributed by atoms with van der Waals surface area (Å²) >= 11 is 0. The molecule has 0 aliphatic heterocycles. The molecule has 0 aromatic carbocycles. The smallest absolute Gasteiger partial charge is 0.269 e. The van der Waals surface area contributed by atoms with Gasteiger partial charge in [0.1, 0.15) is 0 Å². The molecule has 0 unspecified atom stereocenters. The van der Waals surface area contributed by atoms with E-state index < -0.39 is 5.91 Å². The zero-order chi connectivity index (χ0) is 14.1. The minimum atomic E-state index is -0.612. The first-order chi connectivity index (χ1) is 9.19. The van der Waals surface area contributed by atoms with Gasteiger partial charge in [0.05, 0.1) is 18.6 Å². The minimum absolute atomic E-state index is 0.152. The molecule has 5 N–H and O–H groups in total. The van der Waals surface area contributed by atoms with Gasteiger partial charge >= 0.3 is 0 Å². The Balaban J connectivity index is 2.41. The number of carbonyl (C=O) groups excluding carboxylic acids is 1. The maximum absolute atomic E-state index is 11.0. The maximum Gasteiger partial charge on any atom is 0.269 e. The van der Waals surface area contributed by atoms with Crippen LogP contribution in [0.4, 0.5) is 0 Å². The highest BCUT2D eigenvalue weighted by atomic mass is 16.1. The molecule has 9 heteroatoms. The Hall–Kier alpha value is -2.89. The summed E-state index contributed by atoms with van der Waals surface area (Å²) in [5.74, 6) is -0.239. The van der Waals surface area contributed by atoms with Crippen molar-refractivity contribution in [1.82, 2.24) is 20.6 Å². The number of nitrogens with two attached hydrogens (primary N) is 1. The Bertz CT molecular complexity index is 524. The molecule has 1 aromatic heterocycles. The van der Waals surface area contributed by atoms with Gasteiger partial charge in [-0.15, -0.1) is 0 Å². The van der Waals surface area contributed by atoms with Crippen molar-refractivity contribution in [3.05, 3.63) is 17.7 Å². The molecule has 0 spiro atoms. The number of carbonyl (C=O) groups is 1. The van der Waals surface area contributed by atoms with Crippen LogP contribution in [-0.2, 0) is 0 Å². The number of guanidine groups is 1. The number of nitriles is 1. The average molecular weight is 262 g/mol. The van der Waals surface area contributed by atoms with Gasteiger partial charge in [0.2, 0.25) is 5.96 Å². The van der Waals surface area contributed by atoms with Crippen LogP contribution in [0, 0.1) is 11.5 Å². The molecular formula is C10H14N8O. The summed E-state index contributed by atoms with van der Waals surface area (Å²) in [5.41, 5.74) is 5.75. The highest BCUT2D eigenvalue weighted by Gasteiger charge is 2.08. The first-order valence-corrected chi connectivity index (χ1v) is 5.37. The number of amides is 1. The van der Waals surface area contributed by atoms with Crippen molar-refractivity contribution in [2.45, 2.75) is 0 Å². The lowest BCUT2D eigenvalue weighted by Gasteiger charge is -2.04. The lowest BCUT2D eigenvalue weighted by Crippen LogP contribution is -2.35. The van der Waals surface area contributed by atoms with E-state index in [1.54, 1.807) is 13.2 Å². The second kappa shape index (κ2) is 7.44. The highest BCUT2D eigenvalue weighted by Crippen LogP contribution is 1.97. The van der Waals surface area contributed by atoms with E-state index >= 15 is 0 Å². The number of aromatic nitrogens is 2. The van der Waals surface area contributed by atoms with Gasteiger partial charge in [-0.2, -0.15) is 5.26 Å². The van der Waals surface area contributed by atoms with E-state index in [1.807, 2.05) is 0 Å². The van der Waals surface area contributed by atoms with Crippen LogP contribution in [0.2, 0.25) is 0 Å². The molecule has 9 nitrogen and oxygen atoms in total. The Morgan fingerprint density at radius 1 is 1.74 bits per heavy atom. The molecule has 0 radical (unpaired) electrons. The van der Waals surface area contributed by atoms with Gasteiger partial charge in [-0.3, -0.25) is 20.1 Å². The molecule has 0 atom stereocenters. The van der Waals surface area contributed by atoms with E-state index in [4.69, 9.17) is 11.0 Å². The van der Waals surface area contributed by atoms with E-state index in [0.717, 1.165) is 0 Å². The zero-order valence-corrected chi connectivity index (χ0v) is 10.3. The van der Waals surface area contributed by atoms with E-state index in [2.05, 4.69) is 30.6 Å². The molecule has 19 heavy (non-hydrogen) atoms. The quantitative estimate of drug-likeness (QED) is 0.169. The van der Waals surface area contributed by atoms with Gasteiger partial charge in [0.25, 0.3) is 5.91 Å². The third-order valence-electron chi connectivity index (χ3n) is 2.05.